The average molecular weight is 771 g/mol. The van der Waals surface area contributed by atoms with Gasteiger partial charge in [-0.2, -0.15) is 0 Å². The molecule has 4 aliphatic rings. The van der Waals surface area contributed by atoms with Gasteiger partial charge in [0.05, 0.1) is 22.9 Å². The summed E-state index contributed by atoms with van der Waals surface area (Å²) in [5.74, 6) is -2.32. The van der Waals surface area contributed by atoms with Gasteiger partial charge in [-0.3, -0.25) is 19.1 Å². The highest BCUT2D eigenvalue weighted by Gasteiger charge is 2.63. The van der Waals surface area contributed by atoms with Gasteiger partial charge in [0.15, 0.2) is 0 Å². The molecule has 1 aromatic carbocycles. The molecule has 2 aliphatic heterocycles. The van der Waals surface area contributed by atoms with Crippen LogP contribution >= 0.6 is 0 Å². The molecule has 0 radical (unpaired) electrons. The van der Waals surface area contributed by atoms with E-state index < -0.39 is 74.0 Å². The van der Waals surface area contributed by atoms with Crippen molar-refractivity contribution in [3.05, 3.63) is 41.7 Å². The SMILES string of the molecule is Cc1c(F)ccc2c(O[C@@H]3C[C@H]4C(=O)N[C@]5(C(=O)NS(=O)(=O)C6(C)CC6)CC5/C=C\CCCCC[C@H](NC(=O)N(C)C)C(=O)N4C3)cc(OC(C)C)nc12. The number of hydrogen-bond acceptors (Lipinski definition) is 9. The average Bonchev–Trinajstić information content (AvgIpc) is 3.98. The number of hydrogen-bond donors (Lipinski definition) is 3. The van der Waals surface area contributed by atoms with Crippen LogP contribution in [0.4, 0.5) is 9.18 Å². The molecule has 0 bridgehead atoms. The van der Waals surface area contributed by atoms with E-state index in [-0.39, 0.29) is 31.4 Å². The molecule has 0 spiro atoms. The maximum absolute atomic E-state index is 14.7. The molecule has 3 N–H and O–H groups in total. The Balaban J connectivity index is 1.35. The molecule has 2 aliphatic carbocycles. The van der Waals surface area contributed by atoms with E-state index in [4.69, 9.17) is 9.47 Å². The van der Waals surface area contributed by atoms with Crippen LogP contribution in [0.1, 0.15) is 84.1 Å². The summed E-state index contributed by atoms with van der Waals surface area (Å²) in [6.45, 7) is 6.79. The summed E-state index contributed by atoms with van der Waals surface area (Å²) in [5, 5.41) is 6.20. The van der Waals surface area contributed by atoms with Crippen LogP contribution in [0.15, 0.2) is 30.4 Å². The lowest BCUT2D eigenvalue weighted by molar-refractivity contribution is -0.141. The number of fused-ring (bicyclic) bond motifs is 3. The second-order valence-corrected chi connectivity index (χ2v) is 18.0. The Morgan fingerprint density at radius 2 is 1.89 bits per heavy atom. The molecule has 6 rings (SSSR count). The maximum Gasteiger partial charge on any atom is 0.317 e. The van der Waals surface area contributed by atoms with Gasteiger partial charge < -0.3 is 29.9 Å². The van der Waals surface area contributed by atoms with Crippen molar-refractivity contribution in [3.63, 3.8) is 0 Å². The zero-order valence-electron chi connectivity index (χ0n) is 31.7. The van der Waals surface area contributed by atoms with Crippen LogP contribution in [0, 0.1) is 18.7 Å². The molecule has 1 saturated heterocycles. The Morgan fingerprint density at radius 1 is 1.15 bits per heavy atom. The predicted octanol–water partition coefficient (Wildman–Crippen LogP) is 3.85. The van der Waals surface area contributed by atoms with Crippen molar-refractivity contribution >= 4 is 44.7 Å². The summed E-state index contributed by atoms with van der Waals surface area (Å²) in [6.07, 6.45) is 7.04. The van der Waals surface area contributed by atoms with Gasteiger partial charge in [0.1, 0.15) is 35.3 Å². The van der Waals surface area contributed by atoms with Gasteiger partial charge in [0.2, 0.25) is 27.7 Å². The number of sulfonamides is 1. The number of halogens is 1. The van der Waals surface area contributed by atoms with Crippen LogP contribution in [0.2, 0.25) is 0 Å². The van der Waals surface area contributed by atoms with E-state index in [0.29, 0.717) is 54.3 Å². The number of nitrogens with one attached hydrogen (secondary N) is 3. The molecule has 294 valence electrons. The third-order valence-electron chi connectivity index (χ3n) is 10.9. The molecule has 5 amide bonds. The molecule has 3 heterocycles. The fourth-order valence-electron chi connectivity index (χ4n) is 7.15. The Bertz CT molecular complexity index is 1970. The van der Waals surface area contributed by atoms with Crippen molar-refractivity contribution < 1.29 is 41.5 Å². The molecule has 1 aromatic heterocycles. The standard InChI is InChI=1S/C38H51FN6O8S/c1-22(2)52-31-19-30(26-14-15-27(39)23(3)32(26)41-31)53-25-18-29-33(46)42-38(35(48)43-54(50,51)37(4)16-17-37)20-24(38)12-10-8-7-9-11-13-28(34(47)45(29)21-25)40-36(49)44(5)6/h10,12,14-15,19,22,24-25,28-29H,7-9,11,13,16-18,20-21H2,1-6H3,(H,40,49)(H,42,46)(H,43,48)/b12-10-/t24?,25-,28+,29+,38-/m1/s1. The minimum absolute atomic E-state index is 0.00482. The summed E-state index contributed by atoms with van der Waals surface area (Å²) in [4.78, 5) is 62.8. The van der Waals surface area contributed by atoms with Crippen LogP contribution in [0.25, 0.3) is 10.9 Å². The molecule has 3 fully saturated rings. The van der Waals surface area contributed by atoms with Gasteiger partial charge in [0.25, 0.3) is 5.91 Å². The van der Waals surface area contributed by atoms with Crippen molar-refractivity contribution in [2.24, 2.45) is 5.92 Å². The topological polar surface area (TPSA) is 176 Å². The first-order valence-corrected chi connectivity index (χ1v) is 20.2. The van der Waals surface area contributed by atoms with E-state index in [9.17, 15) is 32.0 Å². The number of amides is 5. The van der Waals surface area contributed by atoms with E-state index in [2.05, 4.69) is 20.3 Å². The van der Waals surface area contributed by atoms with Crippen molar-refractivity contribution in [3.8, 4) is 11.6 Å². The first-order valence-electron chi connectivity index (χ1n) is 18.7. The summed E-state index contributed by atoms with van der Waals surface area (Å²) < 4.78 is 54.6. The second-order valence-electron chi connectivity index (χ2n) is 15.8. The second kappa shape index (κ2) is 15.0. The Morgan fingerprint density at radius 3 is 2.57 bits per heavy atom. The van der Waals surface area contributed by atoms with E-state index in [1.165, 1.54) is 15.9 Å². The zero-order chi connectivity index (χ0) is 39.2. The monoisotopic (exact) mass is 770 g/mol. The van der Waals surface area contributed by atoms with Crippen LogP contribution in [0.3, 0.4) is 0 Å². The number of pyridine rings is 1. The fraction of sp³-hybridized carbons (Fsp3) is 0.605. The summed E-state index contributed by atoms with van der Waals surface area (Å²) in [6, 6.07) is 1.90. The number of rotatable bonds is 8. The number of carbonyl (C=O) groups is 4. The van der Waals surface area contributed by atoms with Crippen molar-refractivity contribution in [2.45, 2.75) is 120 Å². The first kappa shape index (κ1) is 39.2. The van der Waals surface area contributed by atoms with Crippen molar-refractivity contribution in [1.29, 1.82) is 0 Å². The third-order valence-corrected chi connectivity index (χ3v) is 13.1. The molecule has 2 saturated carbocycles. The summed E-state index contributed by atoms with van der Waals surface area (Å²) in [5.41, 5.74) is -0.898. The van der Waals surface area contributed by atoms with Crippen LogP contribution < -0.4 is 24.8 Å². The van der Waals surface area contributed by atoms with Gasteiger partial charge in [-0.1, -0.05) is 25.0 Å². The number of allylic oxidation sites excluding steroid dienone is 1. The molecule has 2 aromatic rings. The number of carbonyl (C=O) groups excluding carboxylic acids is 4. The first-order chi connectivity index (χ1) is 25.4. The quantitative estimate of drug-likeness (QED) is 0.337. The van der Waals surface area contributed by atoms with E-state index in [1.807, 2.05) is 26.0 Å². The van der Waals surface area contributed by atoms with Crippen LogP contribution in [-0.2, 0) is 24.4 Å². The Kier molecular flexibility index (Phi) is 10.9. The van der Waals surface area contributed by atoms with Gasteiger partial charge in [-0.25, -0.2) is 22.6 Å². The summed E-state index contributed by atoms with van der Waals surface area (Å²) >= 11 is 0. The normalized spacial score (nSPS) is 27.4. The van der Waals surface area contributed by atoms with Gasteiger partial charge in [-0.15, -0.1) is 0 Å². The van der Waals surface area contributed by atoms with Crippen molar-refractivity contribution in [2.75, 3.05) is 20.6 Å². The largest absolute Gasteiger partial charge is 0.488 e. The number of aromatic nitrogens is 1. The number of benzene rings is 1. The zero-order valence-corrected chi connectivity index (χ0v) is 32.6. The lowest BCUT2D eigenvalue weighted by Crippen LogP contribution is -2.59. The molecular formula is C38H51FN6O8S. The number of ether oxygens (including phenoxy) is 2. The van der Waals surface area contributed by atoms with E-state index in [0.717, 1.165) is 12.8 Å². The lowest BCUT2D eigenvalue weighted by Gasteiger charge is -2.30. The maximum atomic E-state index is 14.7. The van der Waals surface area contributed by atoms with Gasteiger partial charge in [0, 0.05) is 43.5 Å². The van der Waals surface area contributed by atoms with Crippen LogP contribution in [-0.4, -0.2) is 102 Å². The Labute approximate surface area is 315 Å². The third kappa shape index (κ3) is 7.98. The predicted molar refractivity (Wildman–Crippen MR) is 199 cm³/mol. The van der Waals surface area contributed by atoms with Crippen molar-refractivity contribution in [1.82, 2.24) is 30.1 Å². The molecule has 1 unspecified atom stereocenters. The van der Waals surface area contributed by atoms with Gasteiger partial charge >= 0.3 is 6.03 Å². The molecule has 54 heavy (non-hydrogen) atoms. The molecule has 5 atom stereocenters. The number of nitrogens with zero attached hydrogens (tertiary/aromatic N) is 3. The highest BCUT2D eigenvalue weighted by Crippen LogP contribution is 2.47. The van der Waals surface area contributed by atoms with Gasteiger partial charge in [-0.05, 0) is 78.4 Å². The van der Waals surface area contributed by atoms with E-state index >= 15 is 0 Å². The van der Waals surface area contributed by atoms with E-state index in [1.54, 1.807) is 40.1 Å². The molecule has 16 heteroatoms. The Hall–Kier alpha value is -4.47. The lowest BCUT2D eigenvalue weighted by atomic mass is 10.0. The molecular weight excluding hydrogens is 720 g/mol. The fourth-order valence-corrected chi connectivity index (χ4v) is 8.47. The minimum Gasteiger partial charge on any atom is -0.488 e. The summed E-state index contributed by atoms with van der Waals surface area (Å²) in [7, 11) is -0.866. The minimum atomic E-state index is -4.00. The number of urea groups is 1. The highest BCUT2D eigenvalue weighted by atomic mass is 32.2. The number of aryl methyl sites for hydroxylation is 1. The highest BCUT2D eigenvalue weighted by molar-refractivity contribution is 7.91. The molecule has 14 nitrogen and oxygen atoms in total. The van der Waals surface area contributed by atoms with Crippen LogP contribution in [0.5, 0.6) is 11.6 Å². The smallest absolute Gasteiger partial charge is 0.317 e.